The number of carbonyl (C=O) groups excluding carboxylic acids is 1. The van der Waals surface area contributed by atoms with Crippen molar-refractivity contribution in [1.82, 2.24) is 9.97 Å². The average molecular weight is 514 g/mol. The van der Waals surface area contributed by atoms with Crippen LogP contribution in [0.3, 0.4) is 0 Å². The van der Waals surface area contributed by atoms with Crippen molar-refractivity contribution >= 4 is 50.4 Å². The molecule has 2 heterocycles. The van der Waals surface area contributed by atoms with Gasteiger partial charge in [-0.25, -0.2) is 13.4 Å². The number of sulfone groups is 1. The standard InChI is InChI=1S/C24H24ClN5O4S/c25-19-15-26-24(27-17-7-9-18(10-8-17)30-11-13-35(32,33)14-12-30)29-23(19)34-21-4-2-1-3-20(21)28-22(31)16-5-6-16/h1-4,7-10,15-16H,5-6,11-14H2,(H,28,31)(H,26,27,29). The van der Waals surface area contributed by atoms with E-state index >= 15 is 0 Å². The Morgan fingerprint density at radius 2 is 1.77 bits per heavy atom. The van der Waals surface area contributed by atoms with E-state index in [1.54, 1.807) is 18.2 Å². The predicted molar refractivity (Wildman–Crippen MR) is 136 cm³/mol. The van der Waals surface area contributed by atoms with Crippen LogP contribution < -0.4 is 20.3 Å². The van der Waals surface area contributed by atoms with Crippen LogP contribution in [0.4, 0.5) is 23.0 Å². The number of rotatable bonds is 7. The van der Waals surface area contributed by atoms with E-state index < -0.39 is 9.84 Å². The van der Waals surface area contributed by atoms with Crippen molar-refractivity contribution in [2.75, 3.05) is 40.1 Å². The maximum atomic E-state index is 12.2. The number of hydrogen-bond donors (Lipinski definition) is 2. The van der Waals surface area contributed by atoms with Crippen molar-refractivity contribution in [2.24, 2.45) is 5.92 Å². The molecule has 0 unspecified atom stereocenters. The fourth-order valence-electron chi connectivity index (χ4n) is 3.68. The van der Waals surface area contributed by atoms with E-state index in [0.717, 1.165) is 24.2 Å². The number of halogens is 1. The number of benzene rings is 2. The van der Waals surface area contributed by atoms with Crippen molar-refractivity contribution in [1.29, 1.82) is 0 Å². The summed E-state index contributed by atoms with van der Waals surface area (Å²) in [6.45, 7) is 0.970. The van der Waals surface area contributed by atoms with Crippen LogP contribution in [-0.4, -0.2) is 48.9 Å². The molecular formula is C24H24ClN5O4S. The Labute approximate surface area is 208 Å². The van der Waals surface area contributed by atoms with Gasteiger partial charge in [0.15, 0.2) is 15.6 Å². The second kappa shape index (κ2) is 9.71. The van der Waals surface area contributed by atoms with Crippen molar-refractivity contribution in [3.8, 4) is 11.6 Å². The molecule has 2 aromatic carbocycles. The predicted octanol–water partition coefficient (Wildman–Crippen LogP) is 4.25. The first kappa shape index (κ1) is 23.4. The average Bonchev–Trinajstić information content (AvgIpc) is 3.69. The first-order valence-corrected chi connectivity index (χ1v) is 13.5. The highest BCUT2D eigenvalue weighted by molar-refractivity contribution is 7.91. The number of ether oxygens (including phenoxy) is 1. The van der Waals surface area contributed by atoms with E-state index in [1.165, 1.54) is 6.20 Å². The summed E-state index contributed by atoms with van der Waals surface area (Å²) in [6.07, 6.45) is 3.26. The van der Waals surface area contributed by atoms with Gasteiger partial charge >= 0.3 is 0 Å². The molecule has 3 aromatic rings. The molecule has 5 rings (SSSR count). The molecule has 182 valence electrons. The molecule has 1 aromatic heterocycles. The van der Waals surface area contributed by atoms with Gasteiger partial charge in [0.05, 0.1) is 23.4 Å². The fraction of sp³-hybridized carbons (Fsp3) is 0.292. The minimum atomic E-state index is -2.93. The van der Waals surface area contributed by atoms with Gasteiger partial charge in [0, 0.05) is 30.4 Å². The molecule has 0 radical (unpaired) electrons. The number of para-hydroxylation sites is 2. The summed E-state index contributed by atoms with van der Waals surface area (Å²) in [4.78, 5) is 22.9. The van der Waals surface area contributed by atoms with E-state index in [2.05, 4.69) is 25.5 Å². The molecule has 11 heteroatoms. The van der Waals surface area contributed by atoms with Crippen molar-refractivity contribution in [2.45, 2.75) is 12.8 Å². The lowest BCUT2D eigenvalue weighted by molar-refractivity contribution is -0.117. The zero-order valence-corrected chi connectivity index (χ0v) is 20.3. The zero-order valence-electron chi connectivity index (χ0n) is 18.8. The van der Waals surface area contributed by atoms with Crippen molar-refractivity contribution < 1.29 is 17.9 Å². The Morgan fingerprint density at radius 1 is 1.06 bits per heavy atom. The summed E-state index contributed by atoms with van der Waals surface area (Å²) in [7, 11) is -2.93. The molecular weight excluding hydrogens is 490 g/mol. The van der Waals surface area contributed by atoms with Crippen LogP contribution in [0, 0.1) is 5.92 Å². The lowest BCUT2D eigenvalue weighted by Crippen LogP contribution is -2.40. The van der Waals surface area contributed by atoms with Crippen LogP contribution >= 0.6 is 11.6 Å². The first-order valence-electron chi connectivity index (χ1n) is 11.3. The summed E-state index contributed by atoms with van der Waals surface area (Å²) in [5.74, 6) is 1.26. The van der Waals surface area contributed by atoms with Crippen LogP contribution in [-0.2, 0) is 14.6 Å². The molecule has 2 aliphatic rings. The van der Waals surface area contributed by atoms with Crippen molar-refractivity contribution in [3.05, 3.63) is 59.8 Å². The summed E-state index contributed by atoms with van der Waals surface area (Å²) in [6, 6.07) is 14.7. The fourth-order valence-corrected chi connectivity index (χ4v) is 5.01. The van der Waals surface area contributed by atoms with Gasteiger partial charge in [-0.05, 0) is 49.2 Å². The molecule has 1 aliphatic heterocycles. The van der Waals surface area contributed by atoms with Gasteiger partial charge in [-0.3, -0.25) is 4.79 Å². The number of carbonyl (C=O) groups is 1. The summed E-state index contributed by atoms with van der Waals surface area (Å²) in [5, 5.41) is 6.26. The molecule has 0 atom stereocenters. The molecule has 1 saturated carbocycles. The monoisotopic (exact) mass is 513 g/mol. The van der Waals surface area contributed by atoms with Gasteiger partial charge in [-0.15, -0.1) is 0 Å². The molecule has 35 heavy (non-hydrogen) atoms. The maximum Gasteiger partial charge on any atom is 0.243 e. The normalized spacial score (nSPS) is 17.0. The highest BCUT2D eigenvalue weighted by atomic mass is 35.5. The van der Waals surface area contributed by atoms with Gasteiger partial charge in [0.1, 0.15) is 5.02 Å². The number of amides is 1. The Morgan fingerprint density at radius 3 is 2.49 bits per heavy atom. The number of hydrogen-bond acceptors (Lipinski definition) is 8. The number of anilines is 4. The van der Waals surface area contributed by atoms with Crippen LogP contribution in [0.15, 0.2) is 54.7 Å². The molecule has 1 amide bonds. The van der Waals surface area contributed by atoms with Crippen LogP contribution in [0.5, 0.6) is 11.6 Å². The minimum absolute atomic E-state index is 0.0215. The van der Waals surface area contributed by atoms with E-state index in [0.29, 0.717) is 30.5 Å². The first-order chi connectivity index (χ1) is 16.9. The smallest absolute Gasteiger partial charge is 0.243 e. The SMILES string of the molecule is O=C(Nc1ccccc1Oc1nc(Nc2ccc(N3CCS(=O)(=O)CC3)cc2)ncc1Cl)C1CC1. The van der Waals surface area contributed by atoms with Crippen molar-refractivity contribution in [3.63, 3.8) is 0 Å². The summed E-state index contributed by atoms with van der Waals surface area (Å²) < 4.78 is 29.3. The maximum absolute atomic E-state index is 12.2. The van der Waals surface area contributed by atoms with Gasteiger partial charge in [0.25, 0.3) is 0 Å². The Balaban J connectivity index is 1.27. The highest BCUT2D eigenvalue weighted by Gasteiger charge is 2.30. The Hall–Kier alpha value is -3.37. The number of nitrogens with one attached hydrogen (secondary N) is 2. The van der Waals surface area contributed by atoms with Gasteiger partial charge in [-0.2, -0.15) is 4.98 Å². The third-order valence-electron chi connectivity index (χ3n) is 5.84. The number of nitrogens with zero attached hydrogens (tertiary/aromatic N) is 3. The Kier molecular flexibility index (Phi) is 6.48. The summed E-state index contributed by atoms with van der Waals surface area (Å²) in [5.41, 5.74) is 2.26. The van der Waals surface area contributed by atoms with Crippen LogP contribution in [0.2, 0.25) is 5.02 Å². The molecule has 0 bridgehead atoms. The van der Waals surface area contributed by atoms with Gasteiger partial charge in [0.2, 0.25) is 17.7 Å². The topological polar surface area (TPSA) is 114 Å². The molecule has 1 aliphatic carbocycles. The minimum Gasteiger partial charge on any atom is -0.435 e. The second-order valence-corrected chi connectivity index (χ2v) is 11.2. The molecule has 0 spiro atoms. The highest BCUT2D eigenvalue weighted by Crippen LogP contribution is 2.35. The quantitative estimate of drug-likeness (QED) is 0.482. The van der Waals surface area contributed by atoms with Gasteiger partial charge < -0.3 is 20.3 Å². The molecule has 2 fully saturated rings. The third-order valence-corrected chi connectivity index (χ3v) is 7.71. The van der Waals surface area contributed by atoms with Crippen LogP contribution in [0.25, 0.3) is 0 Å². The van der Waals surface area contributed by atoms with Crippen LogP contribution in [0.1, 0.15) is 12.8 Å². The molecule has 2 N–H and O–H groups in total. The van der Waals surface area contributed by atoms with E-state index in [9.17, 15) is 13.2 Å². The molecule has 1 saturated heterocycles. The van der Waals surface area contributed by atoms with E-state index in [1.807, 2.05) is 30.3 Å². The summed E-state index contributed by atoms with van der Waals surface area (Å²) >= 11 is 6.28. The lowest BCUT2D eigenvalue weighted by Gasteiger charge is -2.28. The largest absolute Gasteiger partial charge is 0.435 e. The third kappa shape index (κ3) is 5.83. The zero-order chi connectivity index (χ0) is 24.4. The number of aromatic nitrogens is 2. The van der Waals surface area contributed by atoms with Gasteiger partial charge in [-0.1, -0.05) is 23.7 Å². The second-order valence-electron chi connectivity index (χ2n) is 8.52. The van der Waals surface area contributed by atoms with E-state index in [-0.39, 0.29) is 34.2 Å². The lowest BCUT2D eigenvalue weighted by atomic mass is 10.2. The van der Waals surface area contributed by atoms with E-state index in [4.69, 9.17) is 16.3 Å². The Bertz CT molecular complexity index is 1330. The molecule has 9 nitrogen and oxygen atoms in total.